The molecule has 0 bridgehead atoms. The predicted octanol–water partition coefficient (Wildman–Crippen LogP) is 4.21. The van der Waals surface area contributed by atoms with Crippen LogP contribution in [0.1, 0.15) is 17.5 Å². The molecule has 0 amide bonds. The summed E-state index contributed by atoms with van der Waals surface area (Å²) in [5.74, 6) is 0.409. The first-order valence-electron chi connectivity index (χ1n) is 8.90. The third-order valence-corrected chi connectivity index (χ3v) is 5.41. The number of quaternary nitrogens is 1. The van der Waals surface area contributed by atoms with Gasteiger partial charge in [-0.15, -0.1) is 0 Å². The van der Waals surface area contributed by atoms with E-state index >= 15 is 0 Å². The molecule has 1 aliphatic heterocycles. The number of carbonyl (C=O) groups excluding carboxylic acids is 1. The van der Waals surface area contributed by atoms with Crippen molar-refractivity contribution >= 4 is 29.0 Å². The van der Waals surface area contributed by atoms with E-state index in [9.17, 15) is 4.79 Å². The van der Waals surface area contributed by atoms with Gasteiger partial charge in [0.1, 0.15) is 23.2 Å². The number of benzodiazepines with no additional fused rings is 1. The Kier molecular flexibility index (Phi) is 5.59. The van der Waals surface area contributed by atoms with Crippen molar-refractivity contribution < 1.29 is 14.3 Å². The number of benzene rings is 2. The number of methoxy groups -OCH3 is 2. The number of ether oxygens (including phenoxy) is 2. The smallest absolute Gasteiger partial charge is 0.308 e. The molecule has 0 aliphatic carbocycles. The van der Waals surface area contributed by atoms with Gasteiger partial charge in [-0.1, -0.05) is 23.7 Å². The first-order valence-corrected chi connectivity index (χ1v) is 9.28. The monoisotopic (exact) mass is 399 g/mol. The summed E-state index contributed by atoms with van der Waals surface area (Å²) in [5, 5.41) is 0.649. The maximum Gasteiger partial charge on any atom is 0.308 e. The minimum Gasteiger partial charge on any atom is -0.497 e. The average molecular weight is 400 g/mol. The summed E-state index contributed by atoms with van der Waals surface area (Å²) in [6, 6.07) is 13.0. The predicted molar refractivity (Wildman–Crippen MR) is 113 cm³/mol. The van der Waals surface area contributed by atoms with Gasteiger partial charge >= 0.3 is 5.97 Å². The van der Waals surface area contributed by atoms with Crippen LogP contribution in [0.5, 0.6) is 5.75 Å². The van der Waals surface area contributed by atoms with Crippen LogP contribution >= 0.6 is 11.6 Å². The highest BCUT2D eigenvalue weighted by atomic mass is 35.5. The van der Waals surface area contributed by atoms with Crippen molar-refractivity contribution in [2.45, 2.75) is 12.5 Å². The average Bonchev–Trinajstić information content (AvgIpc) is 2.77. The van der Waals surface area contributed by atoms with Gasteiger partial charge in [-0.3, -0.25) is 14.3 Å². The van der Waals surface area contributed by atoms with Crippen LogP contribution < -0.4 is 9.22 Å². The highest BCUT2D eigenvalue weighted by Crippen LogP contribution is 2.38. The van der Waals surface area contributed by atoms with Crippen LogP contribution in [-0.4, -0.2) is 46.0 Å². The molecule has 2 aromatic carbocycles. The molecule has 0 radical (unpaired) electrons. The number of nitrogens with zero attached hydrogens (tertiary/aromatic N) is 2. The molecule has 0 N–H and O–H groups in total. The van der Waals surface area contributed by atoms with Gasteiger partial charge in [-0.05, 0) is 30.8 Å². The van der Waals surface area contributed by atoms with Crippen molar-refractivity contribution in [2.24, 2.45) is 4.99 Å². The Morgan fingerprint density at radius 1 is 1.18 bits per heavy atom. The number of esters is 1. The number of rotatable bonds is 4. The zero-order valence-corrected chi connectivity index (χ0v) is 17.3. The molecule has 1 aliphatic rings. The fourth-order valence-corrected chi connectivity index (χ4v) is 3.51. The standard InChI is InChI=1S/C22H24ClN2O3/c1-14-19(13-21(26)28-5)24-22(15-6-8-16(23)9-7-15)18-12-17(27-4)10-11-20(18)25(14,2)3/h6-12,19H,1,13H2,2-5H3/q+1. The SMILES string of the molecule is C=C1C(CC(=O)OC)N=C(c2ccc(Cl)cc2)c2cc(OC)ccc2[N+]1(C)C. The second kappa shape index (κ2) is 7.78. The van der Waals surface area contributed by atoms with Gasteiger partial charge in [-0.25, -0.2) is 0 Å². The maximum absolute atomic E-state index is 12.0. The highest BCUT2D eigenvalue weighted by Gasteiger charge is 2.38. The molecule has 6 heteroatoms. The Morgan fingerprint density at radius 2 is 1.86 bits per heavy atom. The van der Waals surface area contributed by atoms with E-state index in [1.807, 2.05) is 56.6 Å². The molecule has 0 saturated heterocycles. The van der Waals surface area contributed by atoms with Crippen LogP contribution in [0.3, 0.4) is 0 Å². The van der Waals surface area contributed by atoms with Crippen LogP contribution in [0, 0.1) is 0 Å². The van der Waals surface area contributed by atoms with Gasteiger partial charge in [-0.2, -0.15) is 0 Å². The third-order valence-electron chi connectivity index (χ3n) is 5.15. The van der Waals surface area contributed by atoms with Gasteiger partial charge in [0.05, 0.1) is 46.0 Å². The Hall–Kier alpha value is -2.63. The minimum absolute atomic E-state index is 0.124. The fourth-order valence-electron chi connectivity index (χ4n) is 3.39. The number of hydrogen-bond donors (Lipinski definition) is 0. The molecule has 0 fully saturated rings. The number of carbonyl (C=O) groups is 1. The van der Waals surface area contributed by atoms with Crippen LogP contribution in [0.2, 0.25) is 5.02 Å². The molecule has 0 spiro atoms. The van der Waals surface area contributed by atoms with E-state index in [1.54, 1.807) is 7.11 Å². The van der Waals surface area contributed by atoms with Crippen LogP contribution in [0.4, 0.5) is 5.69 Å². The van der Waals surface area contributed by atoms with Crippen molar-refractivity contribution in [3.63, 3.8) is 0 Å². The molecule has 1 atom stereocenters. The fraction of sp³-hybridized carbons (Fsp3) is 0.273. The first-order chi connectivity index (χ1) is 13.3. The molecule has 3 rings (SSSR count). The quantitative estimate of drug-likeness (QED) is 0.571. The van der Waals surface area contributed by atoms with E-state index in [-0.39, 0.29) is 12.4 Å². The Morgan fingerprint density at radius 3 is 2.46 bits per heavy atom. The minimum atomic E-state index is -0.425. The summed E-state index contributed by atoms with van der Waals surface area (Å²) < 4.78 is 10.7. The lowest BCUT2D eigenvalue weighted by Crippen LogP contribution is -2.43. The Balaban J connectivity index is 2.27. The van der Waals surface area contributed by atoms with Crippen LogP contribution in [0.15, 0.2) is 59.7 Å². The van der Waals surface area contributed by atoms with E-state index in [1.165, 1.54) is 7.11 Å². The molecule has 2 aromatic rings. The lowest BCUT2D eigenvalue weighted by atomic mass is 9.99. The second-order valence-corrected chi connectivity index (χ2v) is 7.54. The number of halogens is 1. The largest absolute Gasteiger partial charge is 0.497 e. The Bertz CT molecular complexity index is 949. The molecule has 5 nitrogen and oxygen atoms in total. The van der Waals surface area contributed by atoms with Gasteiger partial charge in [0.15, 0.2) is 0 Å². The van der Waals surface area contributed by atoms with Crippen LogP contribution in [0.25, 0.3) is 0 Å². The molecular weight excluding hydrogens is 376 g/mol. The number of aliphatic imine (C=N–C) groups is 1. The van der Waals surface area contributed by atoms with Gasteiger partial charge in [0, 0.05) is 16.7 Å². The van der Waals surface area contributed by atoms with Crippen molar-refractivity contribution in [1.82, 2.24) is 4.48 Å². The lowest BCUT2D eigenvalue weighted by molar-refractivity contribution is -0.140. The highest BCUT2D eigenvalue weighted by molar-refractivity contribution is 6.30. The zero-order chi connectivity index (χ0) is 20.5. The van der Waals surface area contributed by atoms with Crippen molar-refractivity contribution in [3.05, 3.63) is 70.9 Å². The first kappa shape index (κ1) is 20.1. The molecule has 0 saturated carbocycles. The molecule has 146 valence electrons. The van der Waals surface area contributed by atoms with E-state index in [0.29, 0.717) is 9.51 Å². The Labute approximate surface area is 170 Å². The van der Waals surface area contributed by atoms with E-state index in [4.69, 9.17) is 26.1 Å². The zero-order valence-electron chi connectivity index (χ0n) is 16.5. The molecule has 1 heterocycles. The van der Waals surface area contributed by atoms with Gasteiger partial charge in [0.2, 0.25) is 0 Å². The molecule has 28 heavy (non-hydrogen) atoms. The van der Waals surface area contributed by atoms with Crippen molar-refractivity contribution in [3.8, 4) is 5.75 Å². The maximum atomic E-state index is 12.0. The summed E-state index contributed by atoms with van der Waals surface area (Å²) in [6.45, 7) is 4.28. The lowest BCUT2D eigenvalue weighted by Gasteiger charge is -2.32. The summed E-state index contributed by atoms with van der Waals surface area (Å²) in [7, 11) is 7.10. The third kappa shape index (κ3) is 3.68. The molecular formula is C22H24ClN2O3+. The van der Waals surface area contributed by atoms with E-state index in [2.05, 4.69) is 6.58 Å². The van der Waals surface area contributed by atoms with Crippen molar-refractivity contribution in [2.75, 3.05) is 28.3 Å². The van der Waals surface area contributed by atoms with E-state index < -0.39 is 6.04 Å². The number of likely N-dealkylation sites (N-methyl/N-ethyl adjacent to an activating group) is 1. The summed E-state index contributed by atoms with van der Waals surface area (Å²) >= 11 is 6.08. The van der Waals surface area contributed by atoms with Gasteiger partial charge < -0.3 is 9.47 Å². The molecule has 0 aromatic heterocycles. The van der Waals surface area contributed by atoms with Crippen molar-refractivity contribution in [1.29, 1.82) is 0 Å². The topological polar surface area (TPSA) is 47.9 Å². The number of fused-ring (bicyclic) bond motifs is 1. The van der Waals surface area contributed by atoms with Crippen LogP contribution in [-0.2, 0) is 9.53 Å². The summed E-state index contributed by atoms with van der Waals surface area (Å²) in [6.07, 6.45) is 0.124. The van der Waals surface area contributed by atoms with Gasteiger partial charge in [0.25, 0.3) is 0 Å². The van der Waals surface area contributed by atoms with E-state index in [0.717, 1.165) is 34.0 Å². The summed E-state index contributed by atoms with van der Waals surface area (Å²) in [4.78, 5) is 17.0. The normalized spacial score (nSPS) is 18.0. The molecule has 1 unspecified atom stereocenters. The second-order valence-electron chi connectivity index (χ2n) is 7.11. The summed E-state index contributed by atoms with van der Waals surface area (Å²) in [5.41, 5.74) is 4.43. The number of hydrogen-bond acceptors (Lipinski definition) is 4.